The highest BCUT2D eigenvalue weighted by Gasteiger charge is 2.28. The Morgan fingerprint density at radius 2 is 1.53 bits per heavy atom. The minimum Gasteiger partial charge on any atom is -0.473 e. The van der Waals surface area contributed by atoms with Gasteiger partial charge in [-0.25, -0.2) is 9.59 Å². The van der Waals surface area contributed by atoms with Gasteiger partial charge in [0.25, 0.3) is 0 Å². The number of amides is 1. The number of aromatic nitrogens is 3. The molecule has 1 aliphatic rings. The van der Waals surface area contributed by atoms with E-state index < -0.39 is 5.60 Å². The molecular weight excluding hydrogens is 592 g/mol. The summed E-state index contributed by atoms with van der Waals surface area (Å²) in [6.45, 7) is 8.78. The number of fused-ring (bicyclic) bond motifs is 1. The fourth-order valence-electron chi connectivity index (χ4n) is 5.73. The number of carbonyl (C=O) groups excluding carboxylic acids is 1. The largest absolute Gasteiger partial charge is 0.473 e. The molecular formula is C38H40N4O5. The van der Waals surface area contributed by atoms with Crippen molar-refractivity contribution in [2.45, 2.75) is 59.0 Å². The van der Waals surface area contributed by atoms with Crippen molar-refractivity contribution in [1.29, 1.82) is 0 Å². The first-order valence-corrected chi connectivity index (χ1v) is 15.8. The molecule has 9 nitrogen and oxygen atoms in total. The van der Waals surface area contributed by atoms with Crippen LogP contribution in [0.25, 0.3) is 22.3 Å². The second kappa shape index (κ2) is 13.2. The molecule has 9 heteroatoms. The van der Waals surface area contributed by atoms with Crippen LogP contribution >= 0.6 is 0 Å². The molecule has 1 aliphatic heterocycles. The van der Waals surface area contributed by atoms with Crippen LogP contribution in [0.4, 0.5) is 4.79 Å². The van der Waals surface area contributed by atoms with Crippen LogP contribution in [0.15, 0.2) is 102 Å². The molecule has 6 rings (SSSR count). The monoisotopic (exact) mass is 632 g/mol. The number of benzene rings is 3. The molecule has 0 radical (unpaired) electrons. The zero-order valence-corrected chi connectivity index (χ0v) is 27.5. The molecule has 0 aliphatic carbocycles. The van der Waals surface area contributed by atoms with Gasteiger partial charge in [0.05, 0.1) is 17.1 Å². The van der Waals surface area contributed by atoms with Gasteiger partial charge >= 0.3 is 11.8 Å². The number of hydrogen-bond acceptors (Lipinski definition) is 6. The fraction of sp³-hybridized carbons (Fsp3) is 0.289. The predicted octanol–water partition coefficient (Wildman–Crippen LogP) is 7.29. The van der Waals surface area contributed by atoms with Crippen LogP contribution in [0, 0.1) is 0 Å². The van der Waals surface area contributed by atoms with E-state index >= 15 is 0 Å². The zero-order valence-electron chi connectivity index (χ0n) is 27.5. The van der Waals surface area contributed by atoms with E-state index in [1.807, 2.05) is 113 Å². The lowest BCUT2D eigenvalue weighted by Crippen LogP contribution is -2.43. The molecule has 3 heterocycles. The van der Waals surface area contributed by atoms with Gasteiger partial charge in [0, 0.05) is 19.7 Å². The van der Waals surface area contributed by atoms with E-state index in [2.05, 4.69) is 6.08 Å². The smallest absolute Gasteiger partial charge is 0.410 e. The normalized spacial score (nSPS) is 15.0. The summed E-state index contributed by atoms with van der Waals surface area (Å²) in [7, 11) is 1.77. The second-order valence-corrected chi connectivity index (χ2v) is 12.8. The predicted molar refractivity (Wildman–Crippen MR) is 183 cm³/mol. The van der Waals surface area contributed by atoms with Gasteiger partial charge in [-0.3, -0.25) is 9.13 Å². The van der Waals surface area contributed by atoms with Gasteiger partial charge in [-0.1, -0.05) is 72.8 Å². The second-order valence-electron chi connectivity index (χ2n) is 12.8. The summed E-state index contributed by atoms with van der Waals surface area (Å²) in [6, 6.07) is 29.2. The molecule has 0 saturated carbocycles. The first-order chi connectivity index (χ1) is 22.6. The quantitative estimate of drug-likeness (QED) is 0.179. The molecule has 0 N–H and O–H groups in total. The Kier molecular flexibility index (Phi) is 8.89. The van der Waals surface area contributed by atoms with Crippen molar-refractivity contribution >= 4 is 22.7 Å². The lowest BCUT2D eigenvalue weighted by atomic mass is 9.96. The SMILES string of the molecule is CC1C=C(c2ccc3c(c2)n(C)c(=O)n3-c2ccc(OCc3ccccc3)nc2OCc2ccccc2)CCN1C(=O)OC(C)(C)C. The van der Waals surface area contributed by atoms with Crippen molar-refractivity contribution in [2.24, 2.45) is 7.05 Å². The Labute approximate surface area is 274 Å². The highest BCUT2D eigenvalue weighted by molar-refractivity contribution is 5.84. The Hall–Kier alpha value is -5.31. The van der Waals surface area contributed by atoms with Gasteiger partial charge in [0.2, 0.25) is 11.8 Å². The zero-order chi connectivity index (χ0) is 33.1. The Bertz CT molecular complexity index is 1970. The average Bonchev–Trinajstić information content (AvgIpc) is 3.31. The molecule has 1 amide bonds. The Morgan fingerprint density at radius 1 is 0.872 bits per heavy atom. The van der Waals surface area contributed by atoms with E-state index in [0.717, 1.165) is 33.3 Å². The number of hydrogen-bond donors (Lipinski definition) is 0. The maximum Gasteiger partial charge on any atom is 0.410 e. The molecule has 1 atom stereocenters. The number of pyridine rings is 1. The van der Waals surface area contributed by atoms with E-state index in [1.54, 1.807) is 27.1 Å². The van der Waals surface area contributed by atoms with Gasteiger partial charge in [0.15, 0.2) is 0 Å². The van der Waals surface area contributed by atoms with Crippen molar-refractivity contribution in [3.8, 4) is 17.4 Å². The Morgan fingerprint density at radius 3 is 2.17 bits per heavy atom. The summed E-state index contributed by atoms with van der Waals surface area (Å²) in [5.41, 5.74) is 5.37. The minimum atomic E-state index is -0.554. The van der Waals surface area contributed by atoms with Crippen molar-refractivity contribution in [2.75, 3.05) is 6.54 Å². The third kappa shape index (κ3) is 7.09. The summed E-state index contributed by atoms with van der Waals surface area (Å²) in [4.78, 5) is 33.0. The summed E-state index contributed by atoms with van der Waals surface area (Å²) in [5.74, 6) is 0.694. The lowest BCUT2D eigenvalue weighted by molar-refractivity contribution is 0.0209. The van der Waals surface area contributed by atoms with Gasteiger partial charge in [-0.15, -0.1) is 0 Å². The van der Waals surface area contributed by atoms with E-state index in [0.29, 0.717) is 37.0 Å². The molecule has 242 valence electrons. The van der Waals surface area contributed by atoms with Gasteiger partial charge in [0.1, 0.15) is 24.5 Å². The van der Waals surface area contributed by atoms with Gasteiger partial charge < -0.3 is 19.1 Å². The maximum atomic E-state index is 13.8. The van der Waals surface area contributed by atoms with Gasteiger partial charge in [-0.2, -0.15) is 4.98 Å². The highest BCUT2D eigenvalue weighted by atomic mass is 16.6. The molecule has 0 spiro atoms. The van der Waals surface area contributed by atoms with Crippen molar-refractivity contribution in [3.63, 3.8) is 0 Å². The summed E-state index contributed by atoms with van der Waals surface area (Å²) >= 11 is 0. The number of aryl methyl sites for hydroxylation is 1. The molecule has 0 saturated heterocycles. The summed E-state index contributed by atoms with van der Waals surface area (Å²) < 4.78 is 21.2. The van der Waals surface area contributed by atoms with E-state index in [9.17, 15) is 9.59 Å². The third-order valence-electron chi connectivity index (χ3n) is 8.11. The summed E-state index contributed by atoms with van der Waals surface area (Å²) in [5, 5.41) is 0. The molecule has 5 aromatic rings. The van der Waals surface area contributed by atoms with Crippen molar-refractivity contribution < 1.29 is 19.0 Å². The van der Waals surface area contributed by atoms with Gasteiger partial charge in [-0.05, 0) is 74.6 Å². The first-order valence-electron chi connectivity index (χ1n) is 15.8. The highest BCUT2D eigenvalue weighted by Crippen LogP contribution is 2.31. The lowest BCUT2D eigenvalue weighted by Gasteiger charge is -2.34. The van der Waals surface area contributed by atoms with Crippen LogP contribution in [0.2, 0.25) is 0 Å². The molecule has 47 heavy (non-hydrogen) atoms. The fourth-order valence-corrected chi connectivity index (χ4v) is 5.73. The number of rotatable bonds is 8. The van der Waals surface area contributed by atoms with Crippen LogP contribution in [0.1, 0.15) is 50.8 Å². The van der Waals surface area contributed by atoms with E-state index in [1.165, 1.54) is 0 Å². The maximum absolute atomic E-state index is 13.8. The first kappa shape index (κ1) is 31.7. The third-order valence-corrected chi connectivity index (χ3v) is 8.11. The minimum absolute atomic E-state index is 0.129. The van der Waals surface area contributed by atoms with Crippen molar-refractivity contribution in [3.05, 3.63) is 124 Å². The molecule has 3 aromatic carbocycles. The van der Waals surface area contributed by atoms with Crippen LogP contribution in [-0.4, -0.2) is 43.3 Å². The van der Waals surface area contributed by atoms with Crippen LogP contribution in [-0.2, 0) is 25.0 Å². The Balaban J connectivity index is 1.33. The van der Waals surface area contributed by atoms with Crippen LogP contribution in [0.3, 0.4) is 0 Å². The molecule has 0 bridgehead atoms. The summed E-state index contributed by atoms with van der Waals surface area (Å²) in [6.07, 6.45) is 2.46. The number of imidazole rings is 1. The standard InChI is InChI=1S/C38H40N4O5/c1-26-22-30(20-21-41(26)37(44)47-38(2,3)4)29-16-17-31-33(23-29)40(5)36(43)42(31)32-18-19-34(45-24-27-12-8-6-9-13-27)39-35(32)46-25-28-14-10-7-11-15-28/h6-19,22-23,26H,20-21,24-25H2,1-5H3. The van der Waals surface area contributed by atoms with Crippen LogP contribution in [0.5, 0.6) is 11.8 Å². The van der Waals surface area contributed by atoms with Crippen LogP contribution < -0.4 is 15.2 Å². The van der Waals surface area contributed by atoms with E-state index in [4.69, 9.17) is 19.2 Å². The number of ether oxygens (including phenoxy) is 3. The topological polar surface area (TPSA) is 87.8 Å². The molecule has 1 unspecified atom stereocenters. The molecule has 0 fully saturated rings. The number of carbonyl (C=O) groups is 1. The molecule has 2 aromatic heterocycles. The van der Waals surface area contributed by atoms with Crippen molar-refractivity contribution in [1.82, 2.24) is 19.0 Å². The van der Waals surface area contributed by atoms with E-state index in [-0.39, 0.29) is 24.4 Å². The number of nitrogens with zero attached hydrogens (tertiary/aromatic N) is 4. The average molecular weight is 633 g/mol.